The lowest BCUT2D eigenvalue weighted by Crippen LogP contribution is -2.50. The molecule has 4 aliphatic rings. The van der Waals surface area contributed by atoms with Crippen LogP contribution in [0.5, 0.6) is 0 Å². The number of hydrogen-bond acceptors (Lipinski definition) is 2. The van der Waals surface area contributed by atoms with E-state index in [2.05, 4.69) is 25.8 Å². The highest BCUT2D eigenvalue weighted by molar-refractivity contribution is 5.91. The predicted octanol–water partition coefficient (Wildman–Crippen LogP) is 4.66. The molecule has 0 radical (unpaired) electrons. The van der Waals surface area contributed by atoms with Gasteiger partial charge in [-0.2, -0.15) is 0 Å². The van der Waals surface area contributed by atoms with Crippen molar-refractivity contribution in [1.82, 2.24) is 0 Å². The summed E-state index contributed by atoms with van der Waals surface area (Å²) >= 11 is 0. The van der Waals surface area contributed by atoms with E-state index in [-0.39, 0.29) is 10.8 Å². The van der Waals surface area contributed by atoms with Crippen molar-refractivity contribution in [2.24, 2.45) is 28.6 Å². The van der Waals surface area contributed by atoms with Gasteiger partial charge in [-0.3, -0.25) is 4.79 Å². The van der Waals surface area contributed by atoms with Gasteiger partial charge in [0.05, 0.1) is 5.76 Å². The lowest BCUT2D eigenvalue weighted by Gasteiger charge is -2.57. The normalized spacial score (nSPS) is 43.7. The molecule has 0 aromatic heterocycles. The Morgan fingerprint density at radius 2 is 2.04 bits per heavy atom. The first-order valence-electron chi connectivity index (χ1n) is 9.50. The zero-order valence-corrected chi connectivity index (χ0v) is 14.9. The molecule has 4 rings (SSSR count). The third-order valence-electron chi connectivity index (χ3n) is 7.78. The molecular weight excluding hydrogens is 296 g/mol. The molecule has 5 atom stereocenters. The average Bonchev–Trinajstić information content (AvgIpc) is 2.90. The van der Waals surface area contributed by atoms with E-state index in [9.17, 15) is 4.79 Å². The largest absolute Gasteiger partial charge is 0.485 e. The minimum atomic E-state index is 0.167. The first-order chi connectivity index (χ1) is 11.5. The van der Waals surface area contributed by atoms with Gasteiger partial charge in [-0.05, 0) is 73.8 Å². The lowest BCUT2D eigenvalue weighted by atomic mass is 9.47. The molecule has 4 aliphatic carbocycles. The fourth-order valence-corrected chi connectivity index (χ4v) is 6.43. The minimum Gasteiger partial charge on any atom is -0.485 e. The number of allylic oxidation sites excluding steroid dienone is 4. The molecular formula is C22H28O2. The Hall–Kier alpha value is -1.49. The van der Waals surface area contributed by atoms with E-state index < -0.39 is 0 Å². The number of carbonyl (C=O) groups is 1. The van der Waals surface area contributed by atoms with Crippen LogP contribution in [0.4, 0.5) is 0 Å². The van der Waals surface area contributed by atoms with Gasteiger partial charge in [0.25, 0.3) is 0 Å². The van der Waals surface area contributed by atoms with Crippen molar-refractivity contribution in [3.8, 4) is 12.3 Å². The summed E-state index contributed by atoms with van der Waals surface area (Å²) in [7, 11) is 0. The Labute approximate surface area is 145 Å². The third-order valence-corrected chi connectivity index (χ3v) is 7.78. The summed E-state index contributed by atoms with van der Waals surface area (Å²) in [6, 6.07) is 0. The monoisotopic (exact) mass is 324 g/mol. The highest BCUT2D eigenvalue weighted by Gasteiger charge is 2.57. The van der Waals surface area contributed by atoms with Crippen LogP contribution < -0.4 is 0 Å². The Kier molecular flexibility index (Phi) is 3.68. The van der Waals surface area contributed by atoms with Crippen molar-refractivity contribution in [1.29, 1.82) is 0 Å². The number of rotatable bonds is 2. The van der Waals surface area contributed by atoms with Crippen LogP contribution in [0, 0.1) is 40.9 Å². The van der Waals surface area contributed by atoms with Crippen LogP contribution in [0.2, 0.25) is 0 Å². The SMILES string of the molecule is C#CCOC1=CC[C@@H]2C3CCC4=CC(=O)CC[C@]4(C)[C@@H]3CC[C@]12C. The van der Waals surface area contributed by atoms with E-state index in [4.69, 9.17) is 11.2 Å². The second kappa shape index (κ2) is 5.51. The molecule has 2 fully saturated rings. The second-order valence-corrected chi connectivity index (χ2v) is 8.72. The molecule has 128 valence electrons. The van der Waals surface area contributed by atoms with Crippen LogP contribution in [0.1, 0.15) is 58.8 Å². The van der Waals surface area contributed by atoms with E-state index in [1.54, 1.807) is 0 Å². The van der Waals surface area contributed by atoms with Gasteiger partial charge in [0, 0.05) is 11.8 Å². The molecule has 0 aromatic carbocycles. The highest BCUT2D eigenvalue weighted by atomic mass is 16.5. The zero-order chi connectivity index (χ0) is 16.9. The standard InChI is InChI=1S/C22H28O2/c1-4-13-24-20-8-7-18-17-6-5-15-14-16(23)9-11-21(15,2)19(17)10-12-22(18,20)3/h1,8,14,17-19H,5-7,9-13H2,2-3H3/t17?,18-,19-,21+,22+/m1/s1. The number of ether oxygens (including phenoxy) is 1. The summed E-state index contributed by atoms with van der Waals surface area (Å²) in [6.45, 7) is 5.21. The molecule has 2 saturated carbocycles. The summed E-state index contributed by atoms with van der Waals surface area (Å²) in [5.41, 5.74) is 1.86. The Bertz CT molecular complexity index is 664. The van der Waals surface area contributed by atoms with Gasteiger partial charge < -0.3 is 4.74 Å². The molecule has 0 heterocycles. The fourth-order valence-electron chi connectivity index (χ4n) is 6.43. The van der Waals surface area contributed by atoms with Crippen LogP contribution in [0.15, 0.2) is 23.5 Å². The number of fused-ring (bicyclic) bond motifs is 5. The van der Waals surface area contributed by atoms with Crippen molar-refractivity contribution in [2.45, 2.75) is 58.8 Å². The van der Waals surface area contributed by atoms with E-state index >= 15 is 0 Å². The summed E-state index contributed by atoms with van der Waals surface area (Å²) in [6.07, 6.45) is 17.4. The molecule has 2 heteroatoms. The Balaban J connectivity index is 1.61. The van der Waals surface area contributed by atoms with E-state index in [1.807, 2.05) is 6.08 Å². The van der Waals surface area contributed by atoms with Crippen LogP contribution in [0.25, 0.3) is 0 Å². The van der Waals surface area contributed by atoms with Crippen LogP contribution in [0.3, 0.4) is 0 Å². The summed E-state index contributed by atoms with van der Waals surface area (Å²) < 4.78 is 5.92. The fraction of sp³-hybridized carbons (Fsp3) is 0.682. The van der Waals surface area contributed by atoms with Crippen molar-refractivity contribution in [2.75, 3.05) is 6.61 Å². The molecule has 0 aliphatic heterocycles. The van der Waals surface area contributed by atoms with Crippen molar-refractivity contribution >= 4 is 5.78 Å². The van der Waals surface area contributed by atoms with Gasteiger partial charge in [-0.15, -0.1) is 6.42 Å². The molecule has 0 aromatic rings. The third kappa shape index (κ3) is 2.13. The van der Waals surface area contributed by atoms with E-state index in [0.717, 1.165) is 43.3 Å². The van der Waals surface area contributed by atoms with Gasteiger partial charge >= 0.3 is 0 Å². The number of carbonyl (C=O) groups excluding carboxylic acids is 1. The Morgan fingerprint density at radius 1 is 1.21 bits per heavy atom. The maximum Gasteiger partial charge on any atom is 0.155 e. The topological polar surface area (TPSA) is 26.3 Å². The summed E-state index contributed by atoms with van der Waals surface area (Å²) in [5.74, 6) is 6.26. The van der Waals surface area contributed by atoms with Crippen molar-refractivity contribution in [3.63, 3.8) is 0 Å². The summed E-state index contributed by atoms with van der Waals surface area (Å²) in [5, 5.41) is 0. The second-order valence-electron chi connectivity index (χ2n) is 8.72. The predicted molar refractivity (Wildman–Crippen MR) is 95.0 cm³/mol. The molecule has 24 heavy (non-hydrogen) atoms. The van der Waals surface area contributed by atoms with Crippen molar-refractivity contribution in [3.05, 3.63) is 23.5 Å². The van der Waals surface area contributed by atoms with Gasteiger partial charge in [0.15, 0.2) is 5.78 Å². The molecule has 0 saturated heterocycles. The van der Waals surface area contributed by atoms with Gasteiger partial charge in [0.1, 0.15) is 6.61 Å². The first-order valence-corrected chi connectivity index (χ1v) is 9.50. The van der Waals surface area contributed by atoms with Gasteiger partial charge in [-0.1, -0.05) is 25.3 Å². The maximum atomic E-state index is 11.9. The molecule has 0 bridgehead atoms. The smallest absolute Gasteiger partial charge is 0.155 e. The van der Waals surface area contributed by atoms with Crippen LogP contribution in [-0.2, 0) is 9.53 Å². The molecule has 0 N–H and O–H groups in total. The maximum absolute atomic E-state index is 11.9. The highest BCUT2D eigenvalue weighted by Crippen LogP contribution is 2.65. The molecule has 2 nitrogen and oxygen atoms in total. The van der Waals surface area contributed by atoms with E-state index in [0.29, 0.717) is 18.3 Å². The van der Waals surface area contributed by atoms with Crippen LogP contribution >= 0.6 is 0 Å². The van der Waals surface area contributed by atoms with Crippen LogP contribution in [-0.4, -0.2) is 12.4 Å². The van der Waals surface area contributed by atoms with Gasteiger partial charge in [-0.25, -0.2) is 0 Å². The average molecular weight is 324 g/mol. The number of terminal acetylenes is 1. The number of ketones is 1. The first kappa shape index (κ1) is 16.0. The van der Waals surface area contributed by atoms with E-state index in [1.165, 1.54) is 24.8 Å². The Morgan fingerprint density at radius 3 is 2.83 bits per heavy atom. The van der Waals surface area contributed by atoms with Crippen molar-refractivity contribution < 1.29 is 9.53 Å². The van der Waals surface area contributed by atoms with Gasteiger partial charge in [0.2, 0.25) is 0 Å². The quantitative estimate of drug-likeness (QED) is 0.690. The zero-order valence-electron chi connectivity index (χ0n) is 14.9. The molecule has 1 unspecified atom stereocenters. The minimum absolute atomic E-state index is 0.167. The molecule has 0 amide bonds. The summed E-state index contributed by atoms with van der Waals surface area (Å²) in [4.78, 5) is 11.9. The number of hydrogen-bond donors (Lipinski definition) is 0. The molecule has 0 spiro atoms. The lowest BCUT2D eigenvalue weighted by molar-refractivity contribution is -0.117.